The summed E-state index contributed by atoms with van der Waals surface area (Å²) in [7, 11) is 0. The molecule has 0 saturated carbocycles. The van der Waals surface area contributed by atoms with Gasteiger partial charge in [-0.1, -0.05) is 11.6 Å². The van der Waals surface area contributed by atoms with Gasteiger partial charge < -0.3 is 10.4 Å². The molecule has 0 unspecified atom stereocenters. The Labute approximate surface area is 102 Å². The van der Waals surface area contributed by atoms with Crippen LogP contribution in [0.5, 0.6) is 5.75 Å². The smallest absolute Gasteiger partial charge is 0.134 e. The van der Waals surface area contributed by atoms with Crippen LogP contribution in [0.25, 0.3) is 0 Å². The van der Waals surface area contributed by atoms with Crippen LogP contribution < -0.4 is 5.32 Å². The number of benzene rings is 1. The molecule has 1 fully saturated rings. The number of rotatable bonds is 2. The van der Waals surface area contributed by atoms with E-state index in [9.17, 15) is 5.11 Å². The maximum absolute atomic E-state index is 9.61. The van der Waals surface area contributed by atoms with E-state index in [-0.39, 0.29) is 5.75 Å². The first-order chi connectivity index (χ1) is 7.66. The fourth-order valence-electron chi connectivity index (χ4n) is 2.32. The van der Waals surface area contributed by atoms with E-state index in [2.05, 4.69) is 12.2 Å². The van der Waals surface area contributed by atoms with E-state index >= 15 is 0 Å². The molecule has 1 saturated heterocycles. The highest BCUT2D eigenvalue weighted by molar-refractivity contribution is 6.32. The maximum atomic E-state index is 9.61. The Balaban J connectivity index is 2.11. The van der Waals surface area contributed by atoms with Gasteiger partial charge in [-0.05, 0) is 68.5 Å². The maximum Gasteiger partial charge on any atom is 0.134 e. The molecule has 0 spiro atoms. The number of hydrogen-bond donors (Lipinski definition) is 2. The van der Waals surface area contributed by atoms with Crippen molar-refractivity contribution in [3.8, 4) is 5.75 Å². The zero-order chi connectivity index (χ0) is 11.5. The molecule has 1 aromatic carbocycles. The average molecular weight is 240 g/mol. The molecule has 3 heteroatoms. The minimum atomic E-state index is 0.205. The van der Waals surface area contributed by atoms with Crippen molar-refractivity contribution in [3.63, 3.8) is 0 Å². The summed E-state index contributed by atoms with van der Waals surface area (Å²) in [5.74, 6) is 0.941. The topological polar surface area (TPSA) is 32.3 Å². The van der Waals surface area contributed by atoms with Crippen molar-refractivity contribution < 1.29 is 5.11 Å². The van der Waals surface area contributed by atoms with Gasteiger partial charge in [0.15, 0.2) is 0 Å². The van der Waals surface area contributed by atoms with Crippen LogP contribution in [-0.2, 0) is 6.42 Å². The molecule has 0 aromatic heterocycles. The molecule has 88 valence electrons. The van der Waals surface area contributed by atoms with Gasteiger partial charge in [0, 0.05) is 0 Å². The second kappa shape index (κ2) is 5.07. The molecular weight excluding hydrogens is 222 g/mol. The lowest BCUT2D eigenvalue weighted by molar-refractivity contribution is 0.371. The molecule has 2 rings (SSSR count). The standard InChI is InChI=1S/C13H18ClNO/c1-9-6-12(14)13(16)8-11(9)7-10-2-4-15-5-3-10/h6,8,10,15-16H,2-5,7H2,1H3. The third-order valence-corrected chi connectivity index (χ3v) is 3.68. The normalized spacial score (nSPS) is 17.6. The summed E-state index contributed by atoms with van der Waals surface area (Å²) >= 11 is 5.87. The van der Waals surface area contributed by atoms with Crippen LogP contribution in [0.1, 0.15) is 24.0 Å². The number of halogens is 1. The van der Waals surface area contributed by atoms with Crippen LogP contribution in [0.15, 0.2) is 12.1 Å². The van der Waals surface area contributed by atoms with E-state index in [1.165, 1.54) is 24.0 Å². The van der Waals surface area contributed by atoms with Crippen LogP contribution >= 0.6 is 11.6 Å². The Hall–Kier alpha value is -0.730. The molecule has 1 aliphatic rings. The van der Waals surface area contributed by atoms with Gasteiger partial charge >= 0.3 is 0 Å². The van der Waals surface area contributed by atoms with Crippen molar-refractivity contribution in [3.05, 3.63) is 28.3 Å². The molecule has 0 bridgehead atoms. The van der Waals surface area contributed by atoms with Gasteiger partial charge in [-0.25, -0.2) is 0 Å². The van der Waals surface area contributed by atoms with Crippen molar-refractivity contribution in [2.45, 2.75) is 26.2 Å². The van der Waals surface area contributed by atoms with E-state index in [1.807, 2.05) is 12.1 Å². The van der Waals surface area contributed by atoms with Crippen molar-refractivity contribution in [1.82, 2.24) is 5.32 Å². The van der Waals surface area contributed by atoms with Gasteiger partial charge in [-0.15, -0.1) is 0 Å². The summed E-state index contributed by atoms with van der Waals surface area (Å²) in [6.45, 7) is 4.29. The summed E-state index contributed by atoms with van der Waals surface area (Å²) in [6.07, 6.45) is 3.50. The Bertz CT molecular complexity index is 372. The quantitative estimate of drug-likeness (QED) is 0.832. The second-order valence-electron chi connectivity index (χ2n) is 4.63. The van der Waals surface area contributed by atoms with Crippen molar-refractivity contribution in [2.24, 2.45) is 5.92 Å². The molecule has 1 heterocycles. The molecule has 0 amide bonds. The summed E-state index contributed by atoms with van der Waals surface area (Å²) in [4.78, 5) is 0. The van der Waals surface area contributed by atoms with Crippen LogP contribution in [0.2, 0.25) is 5.02 Å². The van der Waals surface area contributed by atoms with Gasteiger partial charge in [0.05, 0.1) is 5.02 Å². The highest BCUT2D eigenvalue weighted by atomic mass is 35.5. The largest absolute Gasteiger partial charge is 0.506 e. The van der Waals surface area contributed by atoms with E-state index < -0.39 is 0 Å². The fraction of sp³-hybridized carbons (Fsp3) is 0.538. The van der Waals surface area contributed by atoms with Crippen LogP contribution in [0.4, 0.5) is 0 Å². The van der Waals surface area contributed by atoms with E-state index in [1.54, 1.807) is 0 Å². The zero-order valence-corrected chi connectivity index (χ0v) is 10.3. The minimum absolute atomic E-state index is 0.205. The van der Waals surface area contributed by atoms with Crippen LogP contribution in [-0.4, -0.2) is 18.2 Å². The first kappa shape index (κ1) is 11.7. The van der Waals surface area contributed by atoms with E-state index in [0.29, 0.717) is 5.02 Å². The number of piperidine rings is 1. The Morgan fingerprint density at radius 3 is 2.75 bits per heavy atom. The van der Waals surface area contributed by atoms with Crippen molar-refractivity contribution >= 4 is 11.6 Å². The van der Waals surface area contributed by atoms with Crippen molar-refractivity contribution in [1.29, 1.82) is 0 Å². The van der Waals surface area contributed by atoms with Gasteiger partial charge in [-0.2, -0.15) is 0 Å². The first-order valence-electron chi connectivity index (χ1n) is 5.85. The molecule has 2 nitrogen and oxygen atoms in total. The zero-order valence-electron chi connectivity index (χ0n) is 9.59. The Morgan fingerprint density at radius 1 is 1.38 bits per heavy atom. The predicted octanol–water partition coefficient (Wildman–Crippen LogP) is 2.90. The lowest BCUT2D eigenvalue weighted by atomic mass is 9.89. The monoisotopic (exact) mass is 239 g/mol. The molecule has 0 aliphatic carbocycles. The first-order valence-corrected chi connectivity index (χ1v) is 6.23. The van der Waals surface area contributed by atoms with Gasteiger partial charge in [0.25, 0.3) is 0 Å². The minimum Gasteiger partial charge on any atom is -0.506 e. The molecule has 0 radical (unpaired) electrons. The SMILES string of the molecule is Cc1cc(Cl)c(O)cc1CC1CCNCC1. The van der Waals surface area contributed by atoms with Gasteiger partial charge in [0.2, 0.25) is 0 Å². The number of phenols is 1. The molecule has 16 heavy (non-hydrogen) atoms. The third-order valence-electron chi connectivity index (χ3n) is 3.37. The lowest BCUT2D eigenvalue weighted by Crippen LogP contribution is -2.28. The fourth-order valence-corrected chi connectivity index (χ4v) is 2.54. The number of hydrogen-bond acceptors (Lipinski definition) is 2. The number of nitrogens with one attached hydrogen (secondary N) is 1. The summed E-state index contributed by atoms with van der Waals surface area (Å²) < 4.78 is 0. The van der Waals surface area contributed by atoms with Gasteiger partial charge in [0.1, 0.15) is 5.75 Å². The summed E-state index contributed by atoms with van der Waals surface area (Å²) in [5, 5.41) is 13.4. The molecule has 1 aliphatic heterocycles. The molecule has 1 aromatic rings. The average Bonchev–Trinajstić information content (AvgIpc) is 2.27. The Morgan fingerprint density at radius 2 is 2.06 bits per heavy atom. The number of phenolic OH excluding ortho intramolecular Hbond substituents is 1. The van der Waals surface area contributed by atoms with E-state index in [4.69, 9.17) is 11.6 Å². The van der Waals surface area contributed by atoms with E-state index in [0.717, 1.165) is 25.4 Å². The molecule has 0 atom stereocenters. The summed E-state index contributed by atoms with van der Waals surface area (Å²) in [5.41, 5.74) is 2.41. The van der Waals surface area contributed by atoms with Crippen LogP contribution in [0.3, 0.4) is 0 Å². The highest BCUT2D eigenvalue weighted by Gasteiger charge is 2.15. The van der Waals surface area contributed by atoms with Crippen molar-refractivity contribution in [2.75, 3.05) is 13.1 Å². The molecule has 2 N–H and O–H groups in total. The number of aromatic hydroxyl groups is 1. The predicted molar refractivity (Wildman–Crippen MR) is 67.2 cm³/mol. The third kappa shape index (κ3) is 2.69. The second-order valence-corrected chi connectivity index (χ2v) is 5.03. The lowest BCUT2D eigenvalue weighted by Gasteiger charge is -2.23. The van der Waals surface area contributed by atoms with Crippen LogP contribution in [0, 0.1) is 12.8 Å². The van der Waals surface area contributed by atoms with Gasteiger partial charge in [-0.3, -0.25) is 0 Å². The highest BCUT2D eigenvalue weighted by Crippen LogP contribution is 2.29. The summed E-state index contributed by atoms with van der Waals surface area (Å²) in [6, 6.07) is 3.67. The molecular formula is C13H18ClNO. The number of aryl methyl sites for hydroxylation is 1. The Kier molecular flexibility index (Phi) is 3.72.